The van der Waals surface area contributed by atoms with Crippen LogP contribution in [0.2, 0.25) is 0 Å². The zero-order valence-corrected chi connectivity index (χ0v) is 9.52. The number of aromatic nitrogens is 1. The first-order valence-electron chi connectivity index (χ1n) is 5.88. The minimum atomic E-state index is 0.282. The van der Waals surface area contributed by atoms with Crippen LogP contribution in [0.1, 0.15) is 33.6 Å². The van der Waals surface area contributed by atoms with Gasteiger partial charge in [-0.25, -0.2) is 0 Å². The van der Waals surface area contributed by atoms with Crippen LogP contribution in [-0.2, 0) is 12.8 Å². The van der Waals surface area contributed by atoms with Crippen molar-refractivity contribution in [3.63, 3.8) is 0 Å². The second-order valence-electron chi connectivity index (χ2n) is 4.41. The molecule has 2 aromatic rings. The molecular weight excluding hydrogens is 210 g/mol. The zero-order chi connectivity index (χ0) is 11.7. The Labute approximate surface area is 100 Å². The van der Waals surface area contributed by atoms with Gasteiger partial charge in [0, 0.05) is 30.3 Å². The number of benzene rings is 1. The Morgan fingerprint density at radius 3 is 2.88 bits per heavy atom. The molecule has 1 aromatic carbocycles. The maximum absolute atomic E-state index is 11.5. The van der Waals surface area contributed by atoms with Crippen LogP contribution in [0.3, 0.4) is 0 Å². The lowest BCUT2D eigenvalue weighted by Crippen LogP contribution is -1.95. The fourth-order valence-electron chi connectivity index (χ4n) is 2.33. The molecule has 0 atom stereocenters. The minimum absolute atomic E-state index is 0.282. The Hall–Kier alpha value is -1.96. The van der Waals surface area contributed by atoms with E-state index in [1.165, 1.54) is 11.1 Å². The molecule has 0 saturated carbocycles. The number of carbonyl (C=O) groups excluding carboxylic acids is 1. The van der Waals surface area contributed by atoms with Gasteiger partial charge in [-0.05, 0) is 29.7 Å². The maximum atomic E-state index is 11.5. The highest BCUT2D eigenvalue weighted by Gasteiger charge is 2.19. The van der Waals surface area contributed by atoms with Crippen LogP contribution in [-0.4, -0.2) is 10.8 Å². The van der Waals surface area contributed by atoms with Crippen LogP contribution in [0.4, 0.5) is 0 Å². The molecule has 2 nitrogen and oxygen atoms in total. The molecule has 84 valence electrons. The van der Waals surface area contributed by atoms with Gasteiger partial charge in [-0.1, -0.05) is 24.3 Å². The van der Waals surface area contributed by atoms with Crippen molar-refractivity contribution >= 4 is 5.78 Å². The molecule has 3 rings (SSSR count). The zero-order valence-electron chi connectivity index (χ0n) is 9.52. The van der Waals surface area contributed by atoms with Gasteiger partial charge >= 0.3 is 0 Å². The second-order valence-corrected chi connectivity index (χ2v) is 4.41. The van der Waals surface area contributed by atoms with Gasteiger partial charge in [0.2, 0.25) is 0 Å². The molecule has 0 bridgehead atoms. The van der Waals surface area contributed by atoms with Crippen molar-refractivity contribution in [1.29, 1.82) is 0 Å². The summed E-state index contributed by atoms with van der Waals surface area (Å²) in [6.45, 7) is 0. The number of fused-ring (bicyclic) bond motifs is 1. The van der Waals surface area contributed by atoms with Crippen molar-refractivity contribution in [1.82, 2.24) is 4.98 Å². The molecule has 0 unspecified atom stereocenters. The van der Waals surface area contributed by atoms with E-state index in [4.69, 9.17) is 0 Å². The highest BCUT2D eigenvalue weighted by Crippen LogP contribution is 2.23. The summed E-state index contributed by atoms with van der Waals surface area (Å²) >= 11 is 0. The van der Waals surface area contributed by atoms with Crippen molar-refractivity contribution in [3.8, 4) is 0 Å². The third-order valence-corrected chi connectivity index (χ3v) is 3.20. The van der Waals surface area contributed by atoms with Crippen molar-refractivity contribution in [3.05, 3.63) is 65.0 Å². The molecule has 1 heterocycles. The quantitative estimate of drug-likeness (QED) is 0.783. The molecule has 0 saturated heterocycles. The lowest BCUT2D eigenvalue weighted by molar-refractivity contribution is 0.0994. The normalized spacial score (nSPS) is 13.8. The predicted molar refractivity (Wildman–Crippen MR) is 66.1 cm³/mol. The smallest absolute Gasteiger partial charge is 0.163 e. The summed E-state index contributed by atoms with van der Waals surface area (Å²) in [5.74, 6) is 0.282. The van der Waals surface area contributed by atoms with E-state index in [0.29, 0.717) is 6.42 Å². The van der Waals surface area contributed by atoms with Crippen LogP contribution in [0.15, 0.2) is 42.6 Å². The van der Waals surface area contributed by atoms with Crippen LogP contribution in [0.5, 0.6) is 0 Å². The molecule has 0 N–H and O–H groups in total. The number of carbonyl (C=O) groups is 1. The third-order valence-electron chi connectivity index (χ3n) is 3.20. The lowest BCUT2D eigenvalue weighted by Gasteiger charge is -2.03. The summed E-state index contributed by atoms with van der Waals surface area (Å²) in [5.41, 5.74) is 4.41. The summed E-state index contributed by atoms with van der Waals surface area (Å²) in [6.07, 6.45) is 4.21. The Kier molecular flexibility index (Phi) is 2.48. The predicted octanol–water partition coefficient (Wildman–Crippen LogP) is 2.80. The van der Waals surface area contributed by atoms with Crippen LogP contribution < -0.4 is 0 Å². The molecule has 1 aliphatic carbocycles. The largest absolute Gasteiger partial charge is 0.294 e. The number of hydrogen-bond acceptors (Lipinski definition) is 2. The van der Waals surface area contributed by atoms with Gasteiger partial charge in [-0.2, -0.15) is 0 Å². The number of Topliss-reactive ketones (excluding diaryl/α,β-unsaturated/α-hetero) is 1. The van der Waals surface area contributed by atoms with Crippen LogP contribution >= 0.6 is 0 Å². The Morgan fingerprint density at radius 1 is 1.12 bits per heavy atom. The van der Waals surface area contributed by atoms with E-state index in [1.54, 1.807) is 0 Å². The third kappa shape index (κ3) is 1.98. The van der Waals surface area contributed by atoms with Crippen molar-refractivity contribution < 1.29 is 4.79 Å². The van der Waals surface area contributed by atoms with Gasteiger partial charge in [0.05, 0.1) is 0 Å². The van der Waals surface area contributed by atoms with Crippen molar-refractivity contribution in [2.45, 2.75) is 19.3 Å². The van der Waals surface area contributed by atoms with Gasteiger partial charge in [0.15, 0.2) is 5.78 Å². The summed E-state index contributed by atoms with van der Waals surface area (Å²) in [6, 6.07) is 12.1. The highest BCUT2D eigenvalue weighted by molar-refractivity contribution is 6.00. The van der Waals surface area contributed by atoms with Gasteiger partial charge in [-0.3, -0.25) is 9.78 Å². The van der Waals surface area contributed by atoms with E-state index in [9.17, 15) is 4.79 Å². The van der Waals surface area contributed by atoms with E-state index in [1.807, 2.05) is 36.5 Å². The first-order chi connectivity index (χ1) is 8.33. The molecule has 1 aromatic heterocycles. The SMILES string of the molecule is O=C1CCc2cc(Cc3ccccn3)ccc21. The molecule has 0 amide bonds. The van der Waals surface area contributed by atoms with Crippen molar-refractivity contribution in [2.75, 3.05) is 0 Å². The second kappa shape index (κ2) is 4.13. The fraction of sp³-hybridized carbons (Fsp3) is 0.200. The van der Waals surface area contributed by atoms with Crippen LogP contribution in [0, 0.1) is 0 Å². The van der Waals surface area contributed by atoms with Gasteiger partial charge in [0.1, 0.15) is 0 Å². The lowest BCUT2D eigenvalue weighted by atomic mass is 10.0. The Bertz CT molecular complexity index is 560. The average Bonchev–Trinajstić information content (AvgIpc) is 2.72. The molecule has 0 radical (unpaired) electrons. The molecule has 1 aliphatic rings. The summed E-state index contributed by atoms with van der Waals surface area (Å²) in [5, 5.41) is 0. The minimum Gasteiger partial charge on any atom is -0.294 e. The topological polar surface area (TPSA) is 30.0 Å². The summed E-state index contributed by atoms with van der Waals surface area (Å²) in [7, 11) is 0. The number of ketones is 1. The van der Waals surface area contributed by atoms with Gasteiger partial charge in [-0.15, -0.1) is 0 Å². The maximum Gasteiger partial charge on any atom is 0.163 e. The first-order valence-corrected chi connectivity index (χ1v) is 5.88. The Morgan fingerprint density at radius 2 is 2.06 bits per heavy atom. The van der Waals surface area contributed by atoms with Crippen molar-refractivity contribution in [2.24, 2.45) is 0 Å². The number of pyridine rings is 1. The fourth-order valence-corrected chi connectivity index (χ4v) is 2.33. The van der Waals surface area contributed by atoms with Gasteiger partial charge < -0.3 is 0 Å². The van der Waals surface area contributed by atoms with E-state index in [0.717, 1.165) is 24.1 Å². The molecule has 2 heteroatoms. The van der Waals surface area contributed by atoms with Gasteiger partial charge in [0.25, 0.3) is 0 Å². The van der Waals surface area contributed by atoms with E-state index < -0.39 is 0 Å². The molecular formula is C15H13NO. The molecule has 0 fully saturated rings. The summed E-state index contributed by atoms with van der Waals surface area (Å²) in [4.78, 5) is 15.8. The average molecular weight is 223 g/mol. The number of hydrogen-bond donors (Lipinski definition) is 0. The number of rotatable bonds is 2. The highest BCUT2D eigenvalue weighted by atomic mass is 16.1. The Balaban J connectivity index is 1.88. The summed E-state index contributed by atoms with van der Waals surface area (Å²) < 4.78 is 0. The molecule has 0 spiro atoms. The first kappa shape index (κ1) is 10.2. The van der Waals surface area contributed by atoms with E-state index >= 15 is 0 Å². The number of nitrogens with zero attached hydrogens (tertiary/aromatic N) is 1. The molecule has 17 heavy (non-hydrogen) atoms. The molecule has 0 aliphatic heterocycles. The number of aryl methyl sites for hydroxylation is 1. The van der Waals surface area contributed by atoms with E-state index in [2.05, 4.69) is 11.1 Å². The van der Waals surface area contributed by atoms with Crippen LogP contribution in [0.25, 0.3) is 0 Å². The van der Waals surface area contributed by atoms with E-state index in [-0.39, 0.29) is 5.78 Å². The monoisotopic (exact) mass is 223 g/mol. The standard InChI is InChI=1S/C15H13NO/c17-15-7-5-12-9-11(4-6-14(12)15)10-13-3-1-2-8-16-13/h1-4,6,8-9H,5,7,10H2.